The molecule has 0 spiro atoms. The van der Waals surface area contributed by atoms with E-state index in [0.29, 0.717) is 57.7 Å². The van der Waals surface area contributed by atoms with Crippen LogP contribution in [0.25, 0.3) is 44.7 Å². The number of ether oxygens (including phenoxy) is 3. The highest BCUT2D eigenvalue weighted by Crippen LogP contribution is 2.45. The van der Waals surface area contributed by atoms with Crippen molar-refractivity contribution in [2.75, 3.05) is 13.7 Å². The lowest BCUT2D eigenvalue weighted by Crippen LogP contribution is -2.28. The average molecular weight is 626 g/mol. The summed E-state index contributed by atoms with van der Waals surface area (Å²) in [6, 6.07) is 7.49. The Morgan fingerprint density at radius 1 is 1.11 bits per heavy atom. The van der Waals surface area contributed by atoms with Crippen molar-refractivity contribution < 1.29 is 28.5 Å². The largest absolute Gasteiger partial charge is 0.490 e. The Morgan fingerprint density at radius 2 is 1.85 bits per heavy atom. The van der Waals surface area contributed by atoms with Crippen LogP contribution in [0.5, 0.6) is 11.8 Å². The normalized spacial score (nSPS) is 13.7. The van der Waals surface area contributed by atoms with Gasteiger partial charge < -0.3 is 23.9 Å². The molecule has 0 saturated carbocycles. The highest BCUT2D eigenvalue weighted by atomic mass is 19.1. The maximum atomic E-state index is 15.7. The molecule has 1 aliphatic heterocycles. The predicted octanol–water partition coefficient (Wildman–Crippen LogP) is 6.79. The van der Waals surface area contributed by atoms with Gasteiger partial charge in [-0.2, -0.15) is 0 Å². The fourth-order valence-electron chi connectivity index (χ4n) is 6.15. The number of methoxy groups -OCH3 is 1. The summed E-state index contributed by atoms with van der Waals surface area (Å²) in [6.07, 6.45) is 5.06. The van der Waals surface area contributed by atoms with Crippen LogP contribution in [0.4, 0.5) is 4.39 Å². The molecule has 46 heavy (non-hydrogen) atoms. The third-order valence-electron chi connectivity index (χ3n) is 8.23. The summed E-state index contributed by atoms with van der Waals surface area (Å²) in [5.41, 5.74) is 6.49. The summed E-state index contributed by atoms with van der Waals surface area (Å²) in [4.78, 5) is 30.7. The zero-order valence-electron chi connectivity index (χ0n) is 26.9. The molecule has 11 heteroatoms. The zero-order chi connectivity index (χ0) is 32.9. The summed E-state index contributed by atoms with van der Waals surface area (Å²) < 4.78 is 34.7. The smallest absolute Gasteiger partial charge is 0.337 e. The molecular weight excluding hydrogens is 589 g/mol. The van der Waals surface area contributed by atoms with Crippen molar-refractivity contribution in [2.45, 2.75) is 59.2 Å². The summed E-state index contributed by atoms with van der Waals surface area (Å²) in [7, 11) is 3.41. The van der Waals surface area contributed by atoms with Gasteiger partial charge in [-0.15, -0.1) is 0 Å². The molecule has 1 atom stereocenters. The van der Waals surface area contributed by atoms with E-state index in [1.807, 2.05) is 36.7 Å². The number of aryl methyl sites for hydroxylation is 2. The molecule has 4 aromatic heterocycles. The fourth-order valence-corrected chi connectivity index (χ4v) is 6.15. The van der Waals surface area contributed by atoms with Crippen LogP contribution >= 0.6 is 0 Å². The fraction of sp³-hybridized carbons (Fsp3) is 0.343. The second-order valence-corrected chi connectivity index (χ2v) is 12.4. The highest BCUT2D eigenvalue weighted by Gasteiger charge is 2.34. The molecule has 0 saturated heterocycles. The Kier molecular flexibility index (Phi) is 7.97. The molecular formula is C35H36FN5O5. The number of carboxylic acids is 1. The number of carbonyl (C=O) groups is 1. The molecule has 0 fully saturated rings. The first-order valence-corrected chi connectivity index (χ1v) is 15.1. The molecule has 0 amide bonds. The molecule has 6 rings (SSSR count). The van der Waals surface area contributed by atoms with Gasteiger partial charge in [0.2, 0.25) is 0 Å². The molecule has 1 unspecified atom stereocenters. The van der Waals surface area contributed by atoms with E-state index in [-0.39, 0.29) is 11.8 Å². The van der Waals surface area contributed by atoms with E-state index in [1.54, 1.807) is 46.3 Å². The molecule has 0 radical (unpaired) electrons. The number of rotatable bonds is 7. The van der Waals surface area contributed by atoms with Gasteiger partial charge >= 0.3 is 12.0 Å². The van der Waals surface area contributed by atoms with Gasteiger partial charge in [0, 0.05) is 64.5 Å². The van der Waals surface area contributed by atoms with Crippen LogP contribution < -0.4 is 9.47 Å². The number of hydrogen-bond donors (Lipinski definition) is 1. The van der Waals surface area contributed by atoms with Crippen LogP contribution in [-0.4, -0.2) is 54.9 Å². The van der Waals surface area contributed by atoms with E-state index in [4.69, 9.17) is 19.2 Å². The minimum absolute atomic E-state index is 0.258. The number of fused-ring (bicyclic) bond motifs is 2. The number of hydrogen-bond acceptors (Lipinski definition) is 8. The third-order valence-corrected chi connectivity index (χ3v) is 8.23. The van der Waals surface area contributed by atoms with Gasteiger partial charge in [-0.1, -0.05) is 0 Å². The average Bonchev–Trinajstić information content (AvgIpc) is 3.36. The Bertz CT molecular complexity index is 1980. The Hall–Kier alpha value is -4.90. The number of aliphatic carboxylic acids is 1. The summed E-state index contributed by atoms with van der Waals surface area (Å²) in [5, 5.41) is 11.2. The van der Waals surface area contributed by atoms with E-state index >= 15 is 4.39 Å². The number of benzene rings is 1. The quantitative estimate of drug-likeness (QED) is 0.208. The van der Waals surface area contributed by atoms with Crippen molar-refractivity contribution in [1.29, 1.82) is 0 Å². The Labute approximate surface area is 266 Å². The van der Waals surface area contributed by atoms with Crippen molar-refractivity contribution >= 4 is 17.0 Å². The molecule has 0 bridgehead atoms. The Morgan fingerprint density at radius 3 is 2.52 bits per heavy atom. The Balaban J connectivity index is 1.63. The lowest BCUT2D eigenvalue weighted by Gasteiger charge is -2.29. The monoisotopic (exact) mass is 625 g/mol. The third kappa shape index (κ3) is 5.55. The van der Waals surface area contributed by atoms with Gasteiger partial charge in [-0.3, -0.25) is 4.98 Å². The molecule has 1 N–H and O–H groups in total. The van der Waals surface area contributed by atoms with Crippen molar-refractivity contribution in [2.24, 2.45) is 7.05 Å². The second kappa shape index (κ2) is 11.8. The number of pyridine rings is 2. The minimum Gasteiger partial charge on any atom is -0.490 e. The van der Waals surface area contributed by atoms with Gasteiger partial charge in [0.05, 0.1) is 30.7 Å². The first-order chi connectivity index (χ1) is 21.9. The summed E-state index contributed by atoms with van der Waals surface area (Å²) >= 11 is 0. The highest BCUT2D eigenvalue weighted by molar-refractivity contribution is 6.01. The second-order valence-electron chi connectivity index (χ2n) is 12.4. The number of aromatic nitrogens is 5. The maximum absolute atomic E-state index is 15.7. The van der Waals surface area contributed by atoms with Crippen molar-refractivity contribution in [3.05, 3.63) is 71.1 Å². The molecule has 10 nitrogen and oxygen atoms in total. The molecule has 1 aliphatic rings. The van der Waals surface area contributed by atoms with Crippen molar-refractivity contribution in [1.82, 2.24) is 24.5 Å². The molecule has 5 aromatic rings. The first kappa shape index (κ1) is 31.1. The van der Waals surface area contributed by atoms with E-state index in [1.165, 1.54) is 13.2 Å². The van der Waals surface area contributed by atoms with Gasteiger partial charge in [0.1, 0.15) is 5.65 Å². The van der Waals surface area contributed by atoms with E-state index in [9.17, 15) is 9.90 Å². The number of carboxylic acid groups (broad SMARTS) is 1. The van der Waals surface area contributed by atoms with Crippen LogP contribution in [0.3, 0.4) is 0 Å². The van der Waals surface area contributed by atoms with Gasteiger partial charge in [0.25, 0.3) is 0 Å². The van der Waals surface area contributed by atoms with Gasteiger partial charge in [-0.05, 0) is 82.9 Å². The number of nitrogens with zero attached hydrogens (tertiary/aromatic N) is 5. The van der Waals surface area contributed by atoms with Crippen LogP contribution in [-0.2, 0) is 23.0 Å². The lowest BCUT2D eigenvalue weighted by atomic mass is 9.86. The molecule has 1 aromatic carbocycles. The van der Waals surface area contributed by atoms with Crippen LogP contribution in [0.1, 0.15) is 55.7 Å². The van der Waals surface area contributed by atoms with Crippen LogP contribution in [0.2, 0.25) is 0 Å². The predicted molar refractivity (Wildman–Crippen MR) is 171 cm³/mol. The topological polar surface area (TPSA) is 121 Å². The summed E-state index contributed by atoms with van der Waals surface area (Å²) in [5.74, 6) is -1.38. The van der Waals surface area contributed by atoms with E-state index < -0.39 is 23.5 Å². The molecule has 238 valence electrons. The zero-order valence-corrected chi connectivity index (χ0v) is 26.9. The summed E-state index contributed by atoms with van der Waals surface area (Å²) in [6.45, 7) is 9.58. The van der Waals surface area contributed by atoms with Crippen molar-refractivity contribution in [3.63, 3.8) is 0 Å². The van der Waals surface area contributed by atoms with Gasteiger partial charge in [-0.25, -0.2) is 24.1 Å². The van der Waals surface area contributed by atoms with Gasteiger partial charge in [0.15, 0.2) is 17.7 Å². The first-order valence-electron chi connectivity index (χ1n) is 15.1. The molecule has 0 aliphatic carbocycles. The standard InChI is InChI=1S/C35H36FN5O5/c1-18-22-9-8-12-45-30(22)25(36)14-23(18)29-24-15-27(20-10-11-37-26(13-20)21-16-38-34(44-7)39-17-21)41(6)32(24)40-19(2)28(29)31(33(42)43)46-35(3,4)5/h10-11,13-17,31H,8-9,12H2,1-7H3,(H,42,43). The minimum atomic E-state index is -1.35. The van der Waals surface area contributed by atoms with Crippen molar-refractivity contribution in [3.8, 4) is 45.4 Å². The molecule has 5 heterocycles. The number of halogens is 1. The van der Waals surface area contributed by atoms with E-state index in [0.717, 1.165) is 28.8 Å². The van der Waals surface area contributed by atoms with E-state index in [2.05, 4.69) is 15.0 Å². The lowest BCUT2D eigenvalue weighted by molar-refractivity contribution is -0.160. The maximum Gasteiger partial charge on any atom is 0.337 e. The van der Waals surface area contributed by atoms with Crippen LogP contribution in [0, 0.1) is 19.7 Å². The SMILES string of the molecule is COc1ncc(-c2cc(-c3cc4c(-c5cc(F)c6c(c5C)CCCO6)c(C(OC(C)(C)C)C(=O)O)c(C)nc4n3C)ccn2)cn1. The van der Waals surface area contributed by atoms with Crippen LogP contribution in [0.15, 0.2) is 42.9 Å².